The Morgan fingerprint density at radius 1 is 1.06 bits per heavy atom. The lowest BCUT2D eigenvalue weighted by Crippen LogP contribution is -2.12. The van der Waals surface area contributed by atoms with E-state index >= 15 is 0 Å². The van der Waals surface area contributed by atoms with Gasteiger partial charge in [0.15, 0.2) is 0 Å². The Morgan fingerprint density at radius 2 is 1.82 bits per heavy atom. The number of hydrogen-bond acceptors (Lipinski definition) is 5. The van der Waals surface area contributed by atoms with Crippen LogP contribution in [0.5, 0.6) is 5.75 Å². The van der Waals surface area contributed by atoms with Crippen LogP contribution in [0.2, 0.25) is 0 Å². The molecule has 2 heterocycles. The standard InChI is InChI=1S/C25H20N4O3S/c1-16-3-7-20(8-4-16)33(31,32)29-10-9-21-22(24(30)11-17(2)25(21)29)15-28-14-19-6-5-18(13-26)12-23(19)27-28/h3-12,14,30H,15H2,1-2H3. The van der Waals surface area contributed by atoms with E-state index in [9.17, 15) is 13.5 Å². The van der Waals surface area contributed by atoms with Crippen molar-refractivity contribution in [2.24, 2.45) is 0 Å². The monoisotopic (exact) mass is 456 g/mol. The molecule has 0 spiro atoms. The summed E-state index contributed by atoms with van der Waals surface area (Å²) >= 11 is 0. The van der Waals surface area contributed by atoms with Gasteiger partial charge in [0.2, 0.25) is 0 Å². The molecule has 0 aliphatic heterocycles. The Hall–Kier alpha value is -4.09. The highest BCUT2D eigenvalue weighted by molar-refractivity contribution is 7.90. The van der Waals surface area contributed by atoms with E-state index in [2.05, 4.69) is 11.2 Å². The highest BCUT2D eigenvalue weighted by Gasteiger charge is 2.22. The molecule has 0 fully saturated rings. The predicted molar refractivity (Wildman–Crippen MR) is 126 cm³/mol. The number of nitriles is 1. The number of fused-ring (bicyclic) bond motifs is 2. The average molecular weight is 457 g/mol. The van der Waals surface area contributed by atoms with Crippen molar-refractivity contribution in [1.29, 1.82) is 5.26 Å². The Balaban J connectivity index is 1.63. The van der Waals surface area contributed by atoms with Crippen molar-refractivity contribution in [2.75, 3.05) is 0 Å². The first-order valence-electron chi connectivity index (χ1n) is 10.3. The molecule has 0 saturated heterocycles. The summed E-state index contributed by atoms with van der Waals surface area (Å²) in [6, 6.07) is 17.4. The van der Waals surface area contributed by atoms with Crippen LogP contribution in [0.25, 0.3) is 21.8 Å². The lowest BCUT2D eigenvalue weighted by atomic mass is 10.1. The summed E-state index contributed by atoms with van der Waals surface area (Å²) in [5.74, 6) is 0.0720. The van der Waals surface area contributed by atoms with Gasteiger partial charge in [0.05, 0.1) is 34.1 Å². The highest BCUT2D eigenvalue weighted by Crippen LogP contribution is 2.34. The third kappa shape index (κ3) is 3.43. The maximum absolute atomic E-state index is 13.4. The molecule has 0 unspecified atom stereocenters. The summed E-state index contributed by atoms with van der Waals surface area (Å²) in [7, 11) is -3.81. The van der Waals surface area contributed by atoms with E-state index in [1.807, 2.05) is 19.2 Å². The van der Waals surface area contributed by atoms with Gasteiger partial charge in [0, 0.05) is 28.7 Å². The first-order valence-corrected chi connectivity index (χ1v) is 11.7. The molecule has 5 rings (SSSR count). The molecule has 0 atom stereocenters. The minimum absolute atomic E-state index is 0.0720. The Morgan fingerprint density at radius 3 is 2.55 bits per heavy atom. The summed E-state index contributed by atoms with van der Waals surface area (Å²) < 4.78 is 29.7. The van der Waals surface area contributed by atoms with Crippen LogP contribution < -0.4 is 0 Å². The van der Waals surface area contributed by atoms with Crippen molar-refractivity contribution in [3.8, 4) is 11.8 Å². The zero-order valence-electron chi connectivity index (χ0n) is 18.0. The number of rotatable bonds is 4. The molecule has 33 heavy (non-hydrogen) atoms. The van der Waals surface area contributed by atoms with Gasteiger partial charge in [-0.3, -0.25) is 4.68 Å². The molecular weight excluding hydrogens is 436 g/mol. The van der Waals surface area contributed by atoms with E-state index in [0.717, 1.165) is 10.9 Å². The van der Waals surface area contributed by atoms with Gasteiger partial charge < -0.3 is 5.11 Å². The molecule has 0 bridgehead atoms. The minimum atomic E-state index is -3.81. The van der Waals surface area contributed by atoms with E-state index < -0.39 is 10.0 Å². The molecule has 2 aromatic heterocycles. The molecule has 0 aliphatic carbocycles. The topological polar surface area (TPSA) is 101 Å². The van der Waals surface area contributed by atoms with Gasteiger partial charge in [-0.05, 0) is 61.9 Å². The Kier molecular flexibility index (Phi) is 4.73. The van der Waals surface area contributed by atoms with Gasteiger partial charge in [-0.2, -0.15) is 10.4 Å². The van der Waals surface area contributed by atoms with Gasteiger partial charge in [-0.15, -0.1) is 0 Å². The number of aryl methyl sites for hydroxylation is 2. The summed E-state index contributed by atoms with van der Waals surface area (Å²) in [5, 5.41) is 25.9. The maximum atomic E-state index is 13.4. The maximum Gasteiger partial charge on any atom is 0.268 e. The van der Waals surface area contributed by atoms with Gasteiger partial charge in [0.25, 0.3) is 10.0 Å². The van der Waals surface area contributed by atoms with Crippen LogP contribution in [-0.2, 0) is 16.6 Å². The first kappa shape index (κ1) is 20.8. The number of phenols is 1. The summed E-state index contributed by atoms with van der Waals surface area (Å²) in [4.78, 5) is 0.200. The number of hydrogen-bond donors (Lipinski definition) is 1. The van der Waals surface area contributed by atoms with Crippen molar-refractivity contribution >= 4 is 31.8 Å². The summed E-state index contributed by atoms with van der Waals surface area (Å²) in [5.41, 5.74) is 3.91. The molecule has 164 valence electrons. The fourth-order valence-electron chi connectivity index (χ4n) is 4.11. The van der Waals surface area contributed by atoms with Crippen molar-refractivity contribution < 1.29 is 13.5 Å². The van der Waals surface area contributed by atoms with Crippen molar-refractivity contribution in [2.45, 2.75) is 25.3 Å². The van der Waals surface area contributed by atoms with Gasteiger partial charge in [-0.1, -0.05) is 17.7 Å². The number of aromatic nitrogens is 3. The van der Waals surface area contributed by atoms with Crippen LogP contribution in [0.1, 0.15) is 22.3 Å². The fraction of sp³-hybridized carbons (Fsp3) is 0.120. The summed E-state index contributed by atoms with van der Waals surface area (Å²) in [6.07, 6.45) is 3.36. The lowest BCUT2D eigenvalue weighted by molar-refractivity contribution is 0.465. The molecule has 3 aromatic carbocycles. The second-order valence-corrected chi connectivity index (χ2v) is 9.91. The van der Waals surface area contributed by atoms with E-state index in [1.165, 1.54) is 10.2 Å². The molecule has 0 aliphatic rings. The zero-order chi connectivity index (χ0) is 23.3. The lowest BCUT2D eigenvalue weighted by Gasteiger charge is -2.13. The van der Waals surface area contributed by atoms with Gasteiger partial charge in [-0.25, -0.2) is 12.4 Å². The molecule has 1 N–H and O–H groups in total. The van der Waals surface area contributed by atoms with Crippen LogP contribution in [0.15, 0.2) is 71.9 Å². The van der Waals surface area contributed by atoms with Crippen molar-refractivity contribution in [3.05, 3.63) is 89.2 Å². The normalized spacial score (nSPS) is 11.8. The van der Waals surface area contributed by atoms with Gasteiger partial charge in [0.1, 0.15) is 5.75 Å². The number of aromatic hydroxyl groups is 1. The smallest absolute Gasteiger partial charge is 0.268 e. The average Bonchev–Trinajstić information content (AvgIpc) is 3.41. The van der Waals surface area contributed by atoms with Crippen LogP contribution in [-0.4, -0.2) is 27.3 Å². The molecule has 7 nitrogen and oxygen atoms in total. The quantitative estimate of drug-likeness (QED) is 0.430. The van der Waals surface area contributed by atoms with Crippen LogP contribution >= 0.6 is 0 Å². The molecule has 0 radical (unpaired) electrons. The van der Waals surface area contributed by atoms with Crippen LogP contribution in [0.4, 0.5) is 0 Å². The summed E-state index contributed by atoms with van der Waals surface area (Å²) in [6.45, 7) is 3.92. The SMILES string of the molecule is Cc1ccc(S(=O)(=O)n2ccc3c(Cn4cc5ccc(C#N)cc5n4)c(O)cc(C)c32)cc1. The molecular formula is C25H20N4O3S. The molecule has 0 saturated carbocycles. The van der Waals surface area contributed by atoms with Crippen LogP contribution in [0.3, 0.4) is 0 Å². The molecule has 8 heteroatoms. The van der Waals surface area contributed by atoms with E-state index in [1.54, 1.807) is 60.1 Å². The van der Waals surface area contributed by atoms with Gasteiger partial charge >= 0.3 is 0 Å². The predicted octanol–water partition coefficient (Wildman–Crippen LogP) is 4.47. The number of nitrogens with zero attached hydrogens (tertiary/aromatic N) is 4. The van der Waals surface area contributed by atoms with E-state index in [0.29, 0.717) is 33.1 Å². The van der Waals surface area contributed by atoms with E-state index in [4.69, 9.17) is 5.26 Å². The highest BCUT2D eigenvalue weighted by atomic mass is 32.2. The van der Waals surface area contributed by atoms with Crippen molar-refractivity contribution in [3.63, 3.8) is 0 Å². The minimum Gasteiger partial charge on any atom is -0.508 e. The number of benzene rings is 3. The number of phenolic OH excluding ortho intramolecular Hbond substituents is 1. The third-order valence-electron chi connectivity index (χ3n) is 5.79. The molecule has 5 aromatic rings. The van der Waals surface area contributed by atoms with E-state index in [-0.39, 0.29) is 17.2 Å². The third-order valence-corrected chi connectivity index (χ3v) is 7.48. The first-order chi connectivity index (χ1) is 15.8. The second-order valence-electron chi connectivity index (χ2n) is 8.10. The Bertz CT molecular complexity index is 1690. The largest absolute Gasteiger partial charge is 0.508 e. The Labute approximate surface area is 190 Å². The zero-order valence-corrected chi connectivity index (χ0v) is 18.8. The molecule has 0 amide bonds. The second kappa shape index (κ2) is 7.50. The van der Waals surface area contributed by atoms with Crippen LogP contribution in [0, 0.1) is 25.2 Å². The fourth-order valence-corrected chi connectivity index (χ4v) is 5.52. The van der Waals surface area contributed by atoms with Crippen molar-refractivity contribution in [1.82, 2.24) is 13.8 Å².